The summed E-state index contributed by atoms with van der Waals surface area (Å²) in [6.07, 6.45) is 1.68. The van der Waals surface area contributed by atoms with Crippen molar-refractivity contribution in [1.82, 2.24) is 4.90 Å². The SMILES string of the molecule is NCC1CCCN1C(=O)c1cc([N+](=O)[O-])cc(Cl)c1Cl. The molecule has 0 aliphatic carbocycles. The lowest BCUT2D eigenvalue weighted by Gasteiger charge is -2.24. The molecule has 1 heterocycles. The molecule has 108 valence electrons. The number of hydrogen-bond donors (Lipinski definition) is 1. The van der Waals surface area contributed by atoms with E-state index in [1.807, 2.05) is 0 Å². The highest BCUT2D eigenvalue weighted by atomic mass is 35.5. The van der Waals surface area contributed by atoms with Crippen LogP contribution in [0.4, 0.5) is 5.69 Å². The number of likely N-dealkylation sites (tertiary alicyclic amines) is 1. The molecule has 0 radical (unpaired) electrons. The Balaban J connectivity index is 2.41. The molecule has 1 atom stereocenters. The maximum atomic E-state index is 12.5. The molecule has 2 rings (SSSR count). The zero-order chi connectivity index (χ0) is 14.9. The predicted molar refractivity (Wildman–Crippen MR) is 76.2 cm³/mol. The largest absolute Gasteiger partial charge is 0.334 e. The number of benzene rings is 1. The van der Waals surface area contributed by atoms with E-state index in [2.05, 4.69) is 0 Å². The highest BCUT2D eigenvalue weighted by Gasteiger charge is 2.31. The third-order valence-corrected chi connectivity index (χ3v) is 4.17. The van der Waals surface area contributed by atoms with Crippen molar-refractivity contribution >= 4 is 34.8 Å². The van der Waals surface area contributed by atoms with E-state index in [0.717, 1.165) is 25.0 Å². The van der Waals surface area contributed by atoms with Gasteiger partial charge in [-0.05, 0) is 12.8 Å². The van der Waals surface area contributed by atoms with Gasteiger partial charge >= 0.3 is 0 Å². The normalized spacial score (nSPS) is 18.4. The van der Waals surface area contributed by atoms with Gasteiger partial charge in [-0.1, -0.05) is 23.2 Å². The number of rotatable bonds is 3. The Morgan fingerprint density at radius 1 is 1.50 bits per heavy atom. The Bertz CT molecular complexity index is 565. The number of carbonyl (C=O) groups is 1. The molecule has 2 N–H and O–H groups in total. The third-order valence-electron chi connectivity index (χ3n) is 3.36. The number of nitro groups is 1. The lowest BCUT2D eigenvalue weighted by Crippen LogP contribution is -2.40. The standard InChI is InChI=1S/C12H13Cl2N3O3/c13-10-5-8(17(19)20)4-9(11(10)14)12(18)16-3-1-2-7(16)6-15/h4-5,7H,1-3,6,15H2. The summed E-state index contributed by atoms with van der Waals surface area (Å²) in [5, 5.41) is 10.9. The van der Waals surface area contributed by atoms with Crippen molar-refractivity contribution in [2.45, 2.75) is 18.9 Å². The molecule has 1 aliphatic heterocycles. The molecule has 6 nitrogen and oxygen atoms in total. The van der Waals surface area contributed by atoms with Crippen LogP contribution >= 0.6 is 23.2 Å². The number of nitrogens with two attached hydrogens (primary N) is 1. The molecule has 1 saturated heterocycles. The minimum atomic E-state index is -0.608. The summed E-state index contributed by atoms with van der Waals surface area (Å²) < 4.78 is 0. The van der Waals surface area contributed by atoms with Crippen LogP contribution in [-0.4, -0.2) is 34.9 Å². The molecular weight excluding hydrogens is 305 g/mol. The highest BCUT2D eigenvalue weighted by Crippen LogP contribution is 2.32. The van der Waals surface area contributed by atoms with Crippen LogP contribution in [0.5, 0.6) is 0 Å². The molecule has 1 aliphatic rings. The summed E-state index contributed by atoms with van der Waals surface area (Å²) in [6.45, 7) is 0.920. The fraction of sp³-hybridized carbons (Fsp3) is 0.417. The fourth-order valence-electron chi connectivity index (χ4n) is 2.34. The van der Waals surface area contributed by atoms with E-state index in [-0.39, 0.29) is 33.2 Å². The molecule has 1 fully saturated rings. The predicted octanol–water partition coefficient (Wildman–Crippen LogP) is 2.46. The second kappa shape index (κ2) is 5.95. The molecule has 1 unspecified atom stereocenters. The lowest BCUT2D eigenvalue weighted by molar-refractivity contribution is -0.384. The van der Waals surface area contributed by atoms with Gasteiger partial charge < -0.3 is 10.6 Å². The lowest BCUT2D eigenvalue weighted by atomic mass is 10.1. The molecule has 8 heteroatoms. The Labute approximate surface area is 125 Å². The van der Waals surface area contributed by atoms with Crippen LogP contribution in [0.1, 0.15) is 23.2 Å². The van der Waals surface area contributed by atoms with Crippen molar-refractivity contribution in [3.8, 4) is 0 Å². The second-order valence-electron chi connectivity index (χ2n) is 4.58. The number of non-ortho nitro benzene ring substituents is 1. The van der Waals surface area contributed by atoms with Gasteiger partial charge in [0.15, 0.2) is 0 Å². The molecule has 0 bridgehead atoms. The molecule has 20 heavy (non-hydrogen) atoms. The number of carbonyl (C=O) groups excluding carboxylic acids is 1. The van der Waals surface area contributed by atoms with Crippen LogP contribution < -0.4 is 5.73 Å². The van der Waals surface area contributed by atoms with Crippen LogP contribution in [0.25, 0.3) is 0 Å². The smallest absolute Gasteiger partial charge is 0.271 e. The zero-order valence-electron chi connectivity index (χ0n) is 10.5. The van der Waals surface area contributed by atoms with E-state index in [1.54, 1.807) is 4.90 Å². The summed E-state index contributed by atoms with van der Waals surface area (Å²) in [7, 11) is 0. The van der Waals surface area contributed by atoms with Gasteiger partial charge in [-0.15, -0.1) is 0 Å². The first-order chi connectivity index (χ1) is 9.45. The highest BCUT2D eigenvalue weighted by molar-refractivity contribution is 6.44. The summed E-state index contributed by atoms with van der Waals surface area (Å²) in [5.74, 6) is -0.367. The zero-order valence-corrected chi connectivity index (χ0v) is 12.0. The Hall–Kier alpha value is -1.37. The molecule has 0 spiro atoms. The van der Waals surface area contributed by atoms with E-state index in [4.69, 9.17) is 28.9 Å². The van der Waals surface area contributed by atoms with E-state index in [0.29, 0.717) is 13.1 Å². The van der Waals surface area contributed by atoms with Gasteiger partial charge in [0, 0.05) is 31.3 Å². The van der Waals surface area contributed by atoms with Crippen molar-refractivity contribution < 1.29 is 9.72 Å². The monoisotopic (exact) mass is 317 g/mol. The third kappa shape index (κ3) is 2.72. The van der Waals surface area contributed by atoms with Gasteiger partial charge in [-0.25, -0.2) is 0 Å². The first kappa shape index (κ1) is 15.0. The minimum Gasteiger partial charge on any atom is -0.334 e. The maximum absolute atomic E-state index is 12.5. The van der Waals surface area contributed by atoms with Crippen molar-refractivity contribution in [3.05, 3.63) is 37.9 Å². The van der Waals surface area contributed by atoms with E-state index in [1.165, 1.54) is 0 Å². The summed E-state index contributed by atoms with van der Waals surface area (Å²) >= 11 is 11.9. The van der Waals surface area contributed by atoms with Gasteiger partial charge in [-0.3, -0.25) is 14.9 Å². The van der Waals surface area contributed by atoms with Crippen LogP contribution in [0.2, 0.25) is 10.0 Å². The molecule has 0 saturated carbocycles. The van der Waals surface area contributed by atoms with Crippen LogP contribution in [0, 0.1) is 10.1 Å². The number of nitro benzene ring substituents is 1. The van der Waals surface area contributed by atoms with Crippen LogP contribution in [0.3, 0.4) is 0 Å². The average Bonchev–Trinajstić information content (AvgIpc) is 2.89. The van der Waals surface area contributed by atoms with E-state index >= 15 is 0 Å². The Morgan fingerprint density at radius 3 is 2.80 bits per heavy atom. The van der Waals surface area contributed by atoms with Crippen molar-refractivity contribution in [1.29, 1.82) is 0 Å². The number of nitrogens with zero attached hydrogens (tertiary/aromatic N) is 2. The summed E-state index contributed by atoms with van der Waals surface area (Å²) in [4.78, 5) is 24.3. The van der Waals surface area contributed by atoms with Crippen molar-refractivity contribution in [3.63, 3.8) is 0 Å². The molecular formula is C12H13Cl2N3O3. The van der Waals surface area contributed by atoms with Crippen molar-refractivity contribution in [2.75, 3.05) is 13.1 Å². The van der Waals surface area contributed by atoms with E-state index < -0.39 is 4.92 Å². The fourth-order valence-corrected chi connectivity index (χ4v) is 2.74. The van der Waals surface area contributed by atoms with Gasteiger partial charge in [0.1, 0.15) is 0 Å². The van der Waals surface area contributed by atoms with E-state index in [9.17, 15) is 14.9 Å². The summed E-state index contributed by atoms with van der Waals surface area (Å²) in [6, 6.07) is 2.23. The molecule has 1 aromatic rings. The molecule has 1 amide bonds. The first-order valence-corrected chi connectivity index (χ1v) is 6.85. The average molecular weight is 318 g/mol. The Morgan fingerprint density at radius 2 is 2.20 bits per heavy atom. The number of amides is 1. The second-order valence-corrected chi connectivity index (χ2v) is 5.36. The van der Waals surface area contributed by atoms with Crippen molar-refractivity contribution in [2.24, 2.45) is 5.73 Å². The van der Waals surface area contributed by atoms with Crippen LogP contribution in [0.15, 0.2) is 12.1 Å². The quantitative estimate of drug-likeness (QED) is 0.685. The molecule has 1 aromatic carbocycles. The van der Waals surface area contributed by atoms with Crippen LogP contribution in [-0.2, 0) is 0 Å². The summed E-state index contributed by atoms with van der Waals surface area (Å²) in [5.41, 5.74) is 5.41. The maximum Gasteiger partial charge on any atom is 0.271 e. The van der Waals surface area contributed by atoms with Gasteiger partial charge in [0.05, 0.1) is 20.5 Å². The topological polar surface area (TPSA) is 89.5 Å². The van der Waals surface area contributed by atoms with Gasteiger partial charge in [-0.2, -0.15) is 0 Å². The number of halogens is 2. The van der Waals surface area contributed by atoms with Gasteiger partial charge in [0.25, 0.3) is 11.6 Å². The van der Waals surface area contributed by atoms with Gasteiger partial charge in [0.2, 0.25) is 0 Å². The minimum absolute atomic E-state index is 0.00675. The first-order valence-electron chi connectivity index (χ1n) is 6.10. The molecule has 0 aromatic heterocycles. The number of hydrogen-bond acceptors (Lipinski definition) is 4. The Kier molecular flexibility index (Phi) is 4.47.